The Hall–Kier alpha value is -3.22. The van der Waals surface area contributed by atoms with Crippen LogP contribution in [0.15, 0.2) is 24.3 Å². The summed E-state index contributed by atoms with van der Waals surface area (Å²) < 4.78 is 7.66. The second-order valence-corrected chi connectivity index (χ2v) is 10.2. The average molecular weight is 500 g/mol. The molecule has 5 N–H and O–H groups in total. The second kappa shape index (κ2) is 9.80. The molecule has 0 spiro atoms. The van der Waals surface area contributed by atoms with Gasteiger partial charge < -0.3 is 20.8 Å². The molecular formula is C23H29N7O4S. The number of imide groups is 1. The number of anilines is 1. The van der Waals surface area contributed by atoms with Gasteiger partial charge in [0, 0.05) is 25.0 Å². The molecule has 1 fully saturated rings. The lowest BCUT2D eigenvalue weighted by Gasteiger charge is -2.32. The number of amides is 3. The number of nitrogens with zero attached hydrogens (tertiary/aromatic N) is 4. The van der Waals surface area contributed by atoms with Gasteiger partial charge >= 0.3 is 0 Å². The molecule has 0 radical (unpaired) electrons. The van der Waals surface area contributed by atoms with Gasteiger partial charge in [0.15, 0.2) is 5.82 Å². The lowest BCUT2D eigenvalue weighted by atomic mass is 10.1. The van der Waals surface area contributed by atoms with Crippen LogP contribution in [0.5, 0.6) is 0 Å². The van der Waals surface area contributed by atoms with Crippen molar-refractivity contribution in [3.05, 3.63) is 30.1 Å². The Morgan fingerprint density at radius 3 is 2.74 bits per heavy atom. The van der Waals surface area contributed by atoms with Crippen molar-refractivity contribution in [2.75, 3.05) is 18.1 Å². The maximum absolute atomic E-state index is 12.9. The number of nitrogens with two attached hydrogens (primary N) is 2. The largest absolute Gasteiger partial charge is 0.382 e. The number of primary amides is 1. The monoisotopic (exact) mass is 499 g/mol. The first kappa shape index (κ1) is 24.9. The number of thioether (sulfide) groups is 1. The number of carbonyl (C=O) groups excluding carboxylic acids is 3. The van der Waals surface area contributed by atoms with Crippen LogP contribution in [-0.4, -0.2) is 60.4 Å². The third kappa shape index (κ3) is 5.09. The maximum atomic E-state index is 12.9. The van der Waals surface area contributed by atoms with Gasteiger partial charge in [0.25, 0.3) is 5.91 Å². The number of pyridine rings is 1. The number of para-hydroxylation sites is 1. The Morgan fingerprint density at radius 1 is 1.29 bits per heavy atom. The van der Waals surface area contributed by atoms with Gasteiger partial charge in [0.05, 0.1) is 27.6 Å². The van der Waals surface area contributed by atoms with Gasteiger partial charge in [-0.2, -0.15) is 0 Å². The molecule has 12 heteroatoms. The van der Waals surface area contributed by atoms with Gasteiger partial charge in [-0.15, -0.1) is 11.8 Å². The molecule has 4 rings (SSSR count). The number of hydrogen-bond donors (Lipinski definition) is 3. The van der Waals surface area contributed by atoms with Crippen LogP contribution >= 0.6 is 11.8 Å². The van der Waals surface area contributed by atoms with Crippen LogP contribution in [-0.2, 0) is 32.3 Å². The summed E-state index contributed by atoms with van der Waals surface area (Å²) in [5, 5.41) is 1.29. The summed E-state index contributed by atoms with van der Waals surface area (Å²) in [6.45, 7) is 6.82. The Bertz CT molecular complexity index is 1310. The highest BCUT2D eigenvalue weighted by Gasteiger charge is 2.41. The van der Waals surface area contributed by atoms with E-state index in [1.165, 1.54) is 0 Å². The molecule has 35 heavy (non-hydrogen) atoms. The first-order valence-electron chi connectivity index (χ1n) is 11.3. The van der Waals surface area contributed by atoms with Crippen LogP contribution in [0, 0.1) is 0 Å². The highest BCUT2D eigenvalue weighted by atomic mass is 32.2. The normalized spacial score (nSPS) is 16.7. The molecule has 3 aromatic rings. The molecule has 0 bridgehead atoms. The van der Waals surface area contributed by atoms with E-state index < -0.39 is 22.6 Å². The van der Waals surface area contributed by atoms with Crippen molar-refractivity contribution in [1.82, 2.24) is 25.0 Å². The van der Waals surface area contributed by atoms with Gasteiger partial charge in [0.1, 0.15) is 17.9 Å². The number of aromatic nitrogens is 3. The van der Waals surface area contributed by atoms with Crippen molar-refractivity contribution in [2.45, 2.75) is 51.1 Å². The Morgan fingerprint density at radius 2 is 2.03 bits per heavy atom. The number of ether oxygens (including phenoxy) is 1. The van der Waals surface area contributed by atoms with E-state index in [9.17, 15) is 14.4 Å². The predicted octanol–water partition coefficient (Wildman–Crippen LogP) is 1.33. The smallest absolute Gasteiger partial charge is 0.257 e. The van der Waals surface area contributed by atoms with Gasteiger partial charge in [-0.25, -0.2) is 20.4 Å². The Balaban J connectivity index is 1.68. The van der Waals surface area contributed by atoms with E-state index in [0.29, 0.717) is 30.3 Å². The summed E-state index contributed by atoms with van der Waals surface area (Å²) in [6, 6.07) is 7.67. The SMILES string of the molecule is CCOCc1nc2c(N)nc3ccccc3c2n1CC(C)(C)NN1C(=O)CC(SCC(N)=O)C1=O. The number of rotatable bonds is 10. The number of benzene rings is 1. The molecule has 0 aliphatic carbocycles. The molecule has 1 aliphatic heterocycles. The van der Waals surface area contributed by atoms with Gasteiger partial charge in [-0.05, 0) is 26.8 Å². The molecule has 1 aliphatic rings. The molecule has 1 saturated heterocycles. The standard InChI is InChI=1S/C23H29N7O4S/c1-4-34-10-17-27-19-20(13-7-5-6-8-14(13)26-21(19)25)29(17)12-23(2,3)28-30-18(32)9-15(22(30)33)35-11-16(24)31/h5-8,15,28H,4,9-12H2,1-3H3,(H2,24,31)(H2,25,26). The van der Waals surface area contributed by atoms with E-state index in [2.05, 4.69) is 10.4 Å². The quantitative estimate of drug-likeness (QED) is 0.350. The van der Waals surface area contributed by atoms with E-state index in [1.807, 2.05) is 49.6 Å². The minimum atomic E-state index is -0.748. The van der Waals surface area contributed by atoms with Crippen molar-refractivity contribution in [3.63, 3.8) is 0 Å². The zero-order valence-corrected chi connectivity index (χ0v) is 20.7. The molecule has 11 nitrogen and oxygen atoms in total. The number of hydrogen-bond acceptors (Lipinski definition) is 9. The lowest BCUT2D eigenvalue weighted by molar-refractivity contribution is -0.144. The average Bonchev–Trinajstić information content (AvgIpc) is 3.28. The minimum absolute atomic E-state index is 0.0102. The summed E-state index contributed by atoms with van der Waals surface area (Å²) >= 11 is 1.08. The molecule has 3 heterocycles. The topological polar surface area (TPSA) is 158 Å². The van der Waals surface area contributed by atoms with Gasteiger partial charge in [-0.3, -0.25) is 14.4 Å². The number of carbonyl (C=O) groups is 3. The minimum Gasteiger partial charge on any atom is -0.382 e. The molecular weight excluding hydrogens is 470 g/mol. The van der Waals surface area contributed by atoms with E-state index in [-0.39, 0.29) is 24.7 Å². The van der Waals surface area contributed by atoms with Crippen molar-refractivity contribution in [1.29, 1.82) is 0 Å². The van der Waals surface area contributed by atoms with E-state index in [1.54, 1.807) is 0 Å². The first-order chi connectivity index (χ1) is 16.6. The van der Waals surface area contributed by atoms with E-state index in [4.69, 9.17) is 21.2 Å². The highest BCUT2D eigenvalue weighted by Crippen LogP contribution is 2.31. The maximum Gasteiger partial charge on any atom is 0.257 e. The molecule has 2 aromatic heterocycles. The molecule has 1 aromatic carbocycles. The van der Waals surface area contributed by atoms with E-state index in [0.717, 1.165) is 33.2 Å². The first-order valence-corrected chi connectivity index (χ1v) is 12.3. The number of imidazole rings is 1. The van der Waals surface area contributed by atoms with Crippen LogP contribution in [0.3, 0.4) is 0 Å². The van der Waals surface area contributed by atoms with Gasteiger partial charge in [0.2, 0.25) is 11.8 Å². The molecule has 1 unspecified atom stereocenters. The van der Waals surface area contributed by atoms with Crippen molar-refractivity contribution in [2.24, 2.45) is 5.73 Å². The molecule has 186 valence electrons. The second-order valence-electron chi connectivity index (χ2n) is 9.00. The fraction of sp³-hybridized carbons (Fsp3) is 0.435. The summed E-state index contributed by atoms with van der Waals surface area (Å²) in [7, 11) is 0. The summed E-state index contributed by atoms with van der Waals surface area (Å²) in [4.78, 5) is 45.8. The lowest BCUT2D eigenvalue weighted by Crippen LogP contribution is -2.55. The molecule has 1 atom stereocenters. The molecule has 0 saturated carbocycles. The van der Waals surface area contributed by atoms with Crippen LogP contribution in [0.25, 0.3) is 21.9 Å². The Labute approximate surface area is 206 Å². The number of fused-ring (bicyclic) bond motifs is 3. The van der Waals surface area contributed by atoms with Crippen molar-refractivity contribution < 1.29 is 19.1 Å². The fourth-order valence-corrected chi connectivity index (χ4v) is 5.02. The van der Waals surface area contributed by atoms with Crippen molar-refractivity contribution >= 4 is 57.2 Å². The summed E-state index contributed by atoms with van der Waals surface area (Å²) in [5.41, 5.74) is 15.9. The third-order valence-corrected chi connectivity index (χ3v) is 6.85. The van der Waals surface area contributed by atoms with Crippen LogP contribution < -0.4 is 16.9 Å². The summed E-state index contributed by atoms with van der Waals surface area (Å²) in [5.74, 6) is -0.314. The van der Waals surface area contributed by atoms with Crippen LogP contribution in [0.4, 0.5) is 5.82 Å². The number of nitrogen functional groups attached to an aromatic ring is 1. The third-order valence-electron chi connectivity index (χ3n) is 5.62. The highest BCUT2D eigenvalue weighted by molar-refractivity contribution is 8.01. The summed E-state index contributed by atoms with van der Waals surface area (Å²) in [6.07, 6.45) is 0.0102. The van der Waals surface area contributed by atoms with Crippen LogP contribution in [0.1, 0.15) is 33.0 Å². The fourth-order valence-electron chi connectivity index (χ4n) is 4.15. The van der Waals surface area contributed by atoms with Crippen molar-refractivity contribution in [3.8, 4) is 0 Å². The number of nitrogens with one attached hydrogen (secondary N) is 1. The zero-order valence-electron chi connectivity index (χ0n) is 19.9. The zero-order chi connectivity index (χ0) is 25.3. The van der Waals surface area contributed by atoms with Gasteiger partial charge in [-0.1, -0.05) is 18.2 Å². The number of hydrazine groups is 1. The van der Waals surface area contributed by atoms with Crippen LogP contribution in [0.2, 0.25) is 0 Å². The Kier molecular flexibility index (Phi) is 6.97. The predicted molar refractivity (Wildman–Crippen MR) is 134 cm³/mol. The molecule has 3 amide bonds. The van der Waals surface area contributed by atoms with E-state index >= 15 is 0 Å².